The summed E-state index contributed by atoms with van der Waals surface area (Å²) in [4.78, 5) is 18.5. The minimum Gasteiger partial charge on any atom is -0.340 e. The summed E-state index contributed by atoms with van der Waals surface area (Å²) in [6, 6.07) is 10.5. The summed E-state index contributed by atoms with van der Waals surface area (Å²) in [6.07, 6.45) is 5.65. The maximum absolute atomic E-state index is 13.4. The molecule has 3 aromatic rings. The van der Waals surface area contributed by atoms with Gasteiger partial charge in [0.2, 0.25) is 5.91 Å². The highest BCUT2D eigenvalue weighted by Gasteiger charge is 2.32. The maximum atomic E-state index is 13.4. The molecule has 0 radical (unpaired) electrons. The van der Waals surface area contributed by atoms with Crippen molar-refractivity contribution in [1.82, 2.24) is 24.6 Å². The number of hydrogen-bond acceptors (Lipinski definition) is 5. The molecule has 2 aromatic heterocycles. The van der Waals surface area contributed by atoms with Crippen LogP contribution in [-0.2, 0) is 11.3 Å². The third-order valence-electron chi connectivity index (χ3n) is 4.83. The largest absolute Gasteiger partial charge is 0.340 e. The van der Waals surface area contributed by atoms with E-state index in [1.54, 1.807) is 30.4 Å². The van der Waals surface area contributed by atoms with Gasteiger partial charge in [0.25, 0.3) is 0 Å². The Kier molecular flexibility index (Phi) is 5.62. The van der Waals surface area contributed by atoms with Gasteiger partial charge in [-0.3, -0.25) is 14.3 Å². The molecule has 6 nitrogen and oxygen atoms in total. The number of carbonyl (C=O) groups is 1. The van der Waals surface area contributed by atoms with Crippen LogP contribution in [-0.4, -0.2) is 42.9 Å². The zero-order valence-electron chi connectivity index (χ0n) is 16.3. The molecule has 0 saturated heterocycles. The summed E-state index contributed by atoms with van der Waals surface area (Å²) >= 11 is 1.41. The van der Waals surface area contributed by atoms with Crippen molar-refractivity contribution < 1.29 is 9.18 Å². The van der Waals surface area contributed by atoms with E-state index in [2.05, 4.69) is 19.7 Å². The second-order valence-electron chi connectivity index (χ2n) is 7.23. The number of rotatable bonds is 7. The lowest BCUT2D eigenvalue weighted by Crippen LogP contribution is -2.33. The molecule has 0 N–H and O–H groups in total. The molecule has 1 fully saturated rings. The lowest BCUT2D eigenvalue weighted by Gasteiger charge is -2.21. The molecule has 8 heteroatoms. The first kappa shape index (κ1) is 19.6. The quantitative estimate of drug-likeness (QED) is 0.551. The summed E-state index contributed by atoms with van der Waals surface area (Å²) < 4.78 is 15.5. The molecular weight excluding hydrogens is 389 g/mol. The van der Waals surface area contributed by atoms with Crippen molar-refractivity contribution in [3.63, 3.8) is 0 Å². The van der Waals surface area contributed by atoms with Crippen LogP contribution in [0, 0.1) is 5.82 Å². The first-order valence-electron chi connectivity index (χ1n) is 9.54. The first-order chi connectivity index (χ1) is 14.0. The van der Waals surface area contributed by atoms with Crippen molar-refractivity contribution in [3.05, 3.63) is 60.2 Å². The van der Waals surface area contributed by atoms with Crippen molar-refractivity contribution >= 4 is 17.7 Å². The topological polar surface area (TPSA) is 63.9 Å². The van der Waals surface area contributed by atoms with Gasteiger partial charge in [-0.2, -0.15) is 0 Å². The first-order valence-corrected chi connectivity index (χ1v) is 10.4. The predicted molar refractivity (Wildman–Crippen MR) is 110 cm³/mol. The van der Waals surface area contributed by atoms with Gasteiger partial charge in [0.15, 0.2) is 11.0 Å². The minimum absolute atomic E-state index is 0.0323. The van der Waals surface area contributed by atoms with Gasteiger partial charge in [0, 0.05) is 37.6 Å². The highest BCUT2D eigenvalue weighted by molar-refractivity contribution is 8.00. The summed E-state index contributed by atoms with van der Waals surface area (Å²) in [6.45, 7) is 2.23. The second-order valence-corrected chi connectivity index (χ2v) is 8.54. The van der Waals surface area contributed by atoms with Crippen LogP contribution < -0.4 is 0 Å². The molecule has 29 heavy (non-hydrogen) atoms. The summed E-state index contributed by atoms with van der Waals surface area (Å²) in [5.41, 5.74) is 1.73. The van der Waals surface area contributed by atoms with Crippen molar-refractivity contribution in [2.24, 2.45) is 0 Å². The van der Waals surface area contributed by atoms with Gasteiger partial charge < -0.3 is 4.90 Å². The lowest BCUT2D eigenvalue weighted by molar-refractivity contribution is -0.129. The molecule has 0 aliphatic heterocycles. The van der Waals surface area contributed by atoms with Crippen LogP contribution in [0.3, 0.4) is 0 Å². The molecule has 1 aliphatic carbocycles. The van der Waals surface area contributed by atoms with Crippen molar-refractivity contribution in [2.75, 3.05) is 7.05 Å². The van der Waals surface area contributed by atoms with E-state index >= 15 is 0 Å². The number of hydrogen-bond donors (Lipinski definition) is 0. The van der Waals surface area contributed by atoms with Gasteiger partial charge in [-0.05, 0) is 49.6 Å². The number of aromatic nitrogens is 4. The lowest BCUT2D eigenvalue weighted by atomic mass is 10.2. The summed E-state index contributed by atoms with van der Waals surface area (Å²) in [7, 11) is 1.73. The number of thioether (sulfide) groups is 1. The van der Waals surface area contributed by atoms with E-state index in [0.29, 0.717) is 12.6 Å². The van der Waals surface area contributed by atoms with Crippen LogP contribution in [0.15, 0.2) is 53.9 Å². The minimum atomic E-state index is -0.333. The van der Waals surface area contributed by atoms with Crippen LogP contribution in [0.5, 0.6) is 0 Å². The van der Waals surface area contributed by atoms with Gasteiger partial charge in [-0.1, -0.05) is 23.9 Å². The zero-order chi connectivity index (χ0) is 20.4. The molecule has 0 unspecified atom stereocenters. The zero-order valence-corrected chi connectivity index (χ0v) is 17.1. The number of nitrogens with zero attached hydrogens (tertiary/aromatic N) is 5. The van der Waals surface area contributed by atoms with Gasteiger partial charge >= 0.3 is 0 Å². The van der Waals surface area contributed by atoms with Crippen molar-refractivity contribution in [2.45, 2.75) is 42.8 Å². The number of pyridine rings is 1. The Hall–Kier alpha value is -2.74. The molecule has 1 aromatic carbocycles. The van der Waals surface area contributed by atoms with Crippen LogP contribution in [0.4, 0.5) is 4.39 Å². The highest BCUT2D eigenvalue weighted by atomic mass is 32.2. The van der Waals surface area contributed by atoms with Crippen LogP contribution in [0.1, 0.15) is 31.4 Å². The number of halogens is 1. The molecule has 1 atom stereocenters. The number of benzene rings is 1. The maximum Gasteiger partial charge on any atom is 0.235 e. The van der Waals surface area contributed by atoms with E-state index < -0.39 is 0 Å². The molecule has 1 amide bonds. The molecule has 4 rings (SSSR count). The summed E-state index contributed by atoms with van der Waals surface area (Å²) in [5, 5.41) is 9.16. The van der Waals surface area contributed by atoms with Gasteiger partial charge in [-0.15, -0.1) is 10.2 Å². The van der Waals surface area contributed by atoms with Crippen LogP contribution in [0.25, 0.3) is 11.4 Å². The van der Waals surface area contributed by atoms with Gasteiger partial charge in [0.1, 0.15) is 5.82 Å². The molecular formula is C21H22FN5OS. The third-order valence-corrected chi connectivity index (χ3v) is 5.87. The number of amides is 1. The monoisotopic (exact) mass is 411 g/mol. The number of carbonyl (C=O) groups excluding carboxylic acids is 1. The Labute approximate surface area is 173 Å². The average Bonchev–Trinajstić information content (AvgIpc) is 3.48. The van der Waals surface area contributed by atoms with Crippen molar-refractivity contribution in [3.8, 4) is 11.4 Å². The van der Waals surface area contributed by atoms with E-state index in [1.807, 2.05) is 25.1 Å². The van der Waals surface area contributed by atoms with Crippen molar-refractivity contribution in [1.29, 1.82) is 0 Å². The van der Waals surface area contributed by atoms with Gasteiger partial charge in [0.05, 0.1) is 5.25 Å². The SMILES string of the molecule is C[C@@H](Sc1nnc(-c2ccncc2)n1C1CC1)C(=O)N(C)Cc1cccc(F)c1. The molecule has 0 bridgehead atoms. The second kappa shape index (κ2) is 8.32. The fourth-order valence-electron chi connectivity index (χ4n) is 3.22. The van der Waals surface area contributed by atoms with E-state index in [9.17, 15) is 9.18 Å². The van der Waals surface area contributed by atoms with E-state index in [4.69, 9.17) is 0 Å². The Morgan fingerprint density at radius 1 is 1.28 bits per heavy atom. The Balaban J connectivity index is 1.48. The Morgan fingerprint density at radius 3 is 2.72 bits per heavy atom. The normalized spacial score (nSPS) is 14.6. The smallest absolute Gasteiger partial charge is 0.235 e. The Morgan fingerprint density at radius 2 is 2.03 bits per heavy atom. The molecule has 1 saturated carbocycles. The molecule has 2 heterocycles. The molecule has 150 valence electrons. The van der Waals surface area contributed by atoms with E-state index in [-0.39, 0.29) is 17.0 Å². The van der Waals surface area contributed by atoms with E-state index in [1.165, 1.54) is 23.9 Å². The fraction of sp³-hybridized carbons (Fsp3) is 0.333. The van der Waals surface area contributed by atoms with Crippen LogP contribution >= 0.6 is 11.8 Å². The molecule has 1 aliphatic rings. The van der Waals surface area contributed by atoms with E-state index in [0.717, 1.165) is 34.9 Å². The van der Waals surface area contributed by atoms with Gasteiger partial charge in [-0.25, -0.2) is 4.39 Å². The Bertz CT molecular complexity index is 1010. The third kappa shape index (κ3) is 4.48. The fourth-order valence-corrected chi connectivity index (χ4v) is 4.26. The molecule has 0 spiro atoms. The van der Waals surface area contributed by atoms with Crippen LogP contribution in [0.2, 0.25) is 0 Å². The average molecular weight is 412 g/mol. The standard InChI is InChI=1S/C21H22FN5OS/c1-14(20(28)26(2)13-15-4-3-5-17(22)12-15)29-21-25-24-19(27(21)18-6-7-18)16-8-10-23-11-9-16/h3-5,8-12,14,18H,6-7,13H2,1-2H3/t14-/m1/s1. The summed E-state index contributed by atoms with van der Waals surface area (Å²) in [5.74, 6) is 0.479. The highest BCUT2D eigenvalue weighted by Crippen LogP contribution is 2.41. The predicted octanol–water partition coefficient (Wildman–Crippen LogP) is 3.95.